The smallest absolute Gasteiger partial charge is 0.195 e. The molecule has 0 aliphatic rings. The maximum Gasteiger partial charge on any atom is 0.195 e. The van der Waals surface area contributed by atoms with Gasteiger partial charge in [0.2, 0.25) is 0 Å². The van der Waals surface area contributed by atoms with Gasteiger partial charge >= 0.3 is 0 Å². The van der Waals surface area contributed by atoms with Crippen LogP contribution >= 0.6 is 0 Å². The first-order valence-corrected chi connectivity index (χ1v) is 11.5. The molecule has 0 atom stereocenters. The predicted molar refractivity (Wildman–Crippen MR) is 143 cm³/mol. The average Bonchev–Trinajstić information content (AvgIpc) is 3.51. The molecule has 0 radical (unpaired) electrons. The van der Waals surface area contributed by atoms with E-state index in [-0.39, 0.29) is 0 Å². The Hall–Kier alpha value is -5.32. The van der Waals surface area contributed by atoms with Crippen molar-refractivity contribution in [3.8, 4) is 28.3 Å². The summed E-state index contributed by atoms with van der Waals surface area (Å²) in [4.78, 5) is 3.82. The molecule has 0 spiro atoms. The van der Waals surface area contributed by atoms with Crippen molar-refractivity contribution in [3.63, 3.8) is 0 Å². The molecule has 5 aromatic carbocycles. The van der Waals surface area contributed by atoms with E-state index in [0.29, 0.717) is 22.4 Å². The van der Waals surface area contributed by atoms with Gasteiger partial charge in [0.15, 0.2) is 5.69 Å². The largest absolute Gasteiger partial charge is 0.455 e. The molecule has 0 saturated carbocycles. The number of rotatable bonds is 2. The summed E-state index contributed by atoms with van der Waals surface area (Å²) in [5.74, 6) is 0. The lowest BCUT2D eigenvalue weighted by atomic mass is 9.88. The second-order valence-corrected chi connectivity index (χ2v) is 8.64. The molecule has 2 aromatic heterocycles. The first-order chi connectivity index (χ1) is 17.8. The van der Waals surface area contributed by atoms with Crippen LogP contribution in [0.25, 0.3) is 71.0 Å². The number of benzene rings is 5. The van der Waals surface area contributed by atoms with Crippen LogP contribution in [0, 0.1) is 17.9 Å². The second-order valence-electron chi connectivity index (χ2n) is 8.64. The standard InChI is InChI=1S/C32H16N2O2/c1-34-24-15-7-4-12-21(24)28-30-23-14-6-9-17-26(23)35-31(30)27(20-11-3-2-10-19(20)18-33)29-22-13-5-8-16-25(22)36-32(28)29/h2-17H. The van der Waals surface area contributed by atoms with Crippen molar-refractivity contribution in [2.75, 3.05) is 0 Å². The molecule has 7 rings (SSSR count). The fourth-order valence-corrected chi connectivity index (χ4v) is 5.26. The summed E-state index contributed by atoms with van der Waals surface area (Å²) in [5.41, 5.74) is 7.13. The van der Waals surface area contributed by atoms with Gasteiger partial charge < -0.3 is 8.83 Å². The molecular formula is C32H16N2O2. The summed E-state index contributed by atoms with van der Waals surface area (Å²) in [5, 5.41) is 13.6. The minimum atomic E-state index is 0.538. The van der Waals surface area contributed by atoms with E-state index in [4.69, 9.17) is 15.4 Å². The first kappa shape index (κ1) is 20.1. The molecule has 4 nitrogen and oxygen atoms in total. The van der Waals surface area contributed by atoms with E-state index in [2.05, 4.69) is 10.9 Å². The van der Waals surface area contributed by atoms with Crippen LogP contribution in [0.1, 0.15) is 5.56 Å². The predicted octanol–water partition coefficient (Wildman–Crippen LogP) is 9.24. The molecule has 2 heterocycles. The Labute approximate surface area is 206 Å². The Morgan fingerprint density at radius 3 is 1.72 bits per heavy atom. The summed E-state index contributed by atoms with van der Waals surface area (Å²) in [6.07, 6.45) is 0. The highest BCUT2D eigenvalue weighted by atomic mass is 16.3. The molecule has 0 aliphatic heterocycles. The summed E-state index contributed by atoms with van der Waals surface area (Å²) >= 11 is 0. The minimum absolute atomic E-state index is 0.538. The van der Waals surface area contributed by atoms with Gasteiger partial charge in [-0.15, -0.1) is 0 Å². The van der Waals surface area contributed by atoms with Gasteiger partial charge in [-0.05, 0) is 23.8 Å². The fourth-order valence-electron chi connectivity index (χ4n) is 5.26. The number of furan rings is 2. The normalized spacial score (nSPS) is 11.3. The lowest BCUT2D eigenvalue weighted by molar-refractivity contribution is 0.665. The molecule has 0 unspecified atom stereocenters. The van der Waals surface area contributed by atoms with Crippen LogP contribution in [0.2, 0.25) is 0 Å². The number of hydrogen-bond donors (Lipinski definition) is 0. The van der Waals surface area contributed by atoms with Crippen LogP contribution in [0.3, 0.4) is 0 Å². The van der Waals surface area contributed by atoms with E-state index < -0.39 is 0 Å². The quantitative estimate of drug-likeness (QED) is 0.242. The van der Waals surface area contributed by atoms with Crippen molar-refractivity contribution in [2.45, 2.75) is 0 Å². The molecular weight excluding hydrogens is 444 g/mol. The topological polar surface area (TPSA) is 54.4 Å². The van der Waals surface area contributed by atoms with Crippen LogP contribution in [0.15, 0.2) is 106 Å². The van der Waals surface area contributed by atoms with Crippen molar-refractivity contribution < 1.29 is 8.83 Å². The third kappa shape index (κ3) is 2.67. The zero-order chi connectivity index (χ0) is 24.2. The molecule has 0 bridgehead atoms. The molecule has 7 aromatic rings. The Bertz CT molecular complexity index is 1930. The monoisotopic (exact) mass is 460 g/mol. The highest BCUT2D eigenvalue weighted by molar-refractivity contribution is 6.30. The molecule has 0 N–H and O–H groups in total. The van der Waals surface area contributed by atoms with Gasteiger partial charge in [0.05, 0.1) is 18.2 Å². The maximum atomic E-state index is 9.99. The number of hydrogen-bond acceptors (Lipinski definition) is 3. The Morgan fingerprint density at radius 2 is 1.11 bits per heavy atom. The van der Waals surface area contributed by atoms with E-state index in [1.807, 2.05) is 97.1 Å². The van der Waals surface area contributed by atoms with Crippen molar-refractivity contribution in [3.05, 3.63) is 114 Å². The second kappa shape index (κ2) is 7.60. The van der Waals surface area contributed by atoms with Crippen LogP contribution in [0.4, 0.5) is 5.69 Å². The lowest BCUT2D eigenvalue weighted by Gasteiger charge is -2.13. The molecule has 0 saturated heterocycles. The van der Waals surface area contributed by atoms with Crippen LogP contribution < -0.4 is 0 Å². The SMILES string of the molecule is [C-]#[N+]c1ccccc1-c1c2oc3ccccc3c2c(-c2ccccc2C#N)c2oc3ccccc3c12. The van der Waals surface area contributed by atoms with Gasteiger partial charge in [-0.2, -0.15) is 5.26 Å². The third-order valence-electron chi connectivity index (χ3n) is 6.76. The Kier molecular flexibility index (Phi) is 4.24. The van der Waals surface area contributed by atoms with Crippen molar-refractivity contribution in [2.24, 2.45) is 0 Å². The van der Waals surface area contributed by atoms with Gasteiger partial charge in [0, 0.05) is 38.2 Å². The average molecular weight is 460 g/mol. The third-order valence-corrected chi connectivity index (χ3v) is 6.76. The highest BCUT2D eigenvalue weighted by Gasteiger charge is 2.27. The van der Waals surface area contributed by atoms with Gasteiger partial charge in [0.25, 0.3) is 0 Å². The summed E-state index contributed by atoms with van der Waals surface area (Å²) in [6.45, 7) is 7.85. The number of para-hydroxylation sites is 3. The molecule has 36 heavy (non-hydrogen) atoms. The van der Waals surface area contributed by atoms with E-state index in [9.17, 15) is 5.26 Å². The van der Waals surface area contributed by atoms with Crippen molar-refractivity contribution >= 4 is 49.6 Å². The van der Waals surface area contributed by atoms with Crippen LogP contribution in [0.5, 0.6) is 0 Å². The fraction of sp³-hybridized carbons (Fsp3) is 0. The minimum Gasteiger partial charge on any atom is -0.455 e. The highest BCUT2D eigenvalue weighted by Crippen LogP contribution is 2.52. The van der Waals surface area contributed by atoms with Gasteiger partial charge in [0.1, 0.15) is 22.3 Å². The molecule has 0 amide bonds. The van der Waals surface area contributed by atoms with Crippen LogP contribution in [-0.4, -0.2) is 0 Å². The van der Waals surface area contributed by atoms with E-state index in [1.165, 1.54) is 0 Å². The van der Waals surface area contributed by atoms with Gasteiger partial charge in [-0.25, -0.2) is 4.85 Å². The first-order valence-electron chi connectivity index (χ1n) is 11.5. The van der Waals surface area contributed by atoms with Crippen LogP contribution in [-0.2, 0) is 0 Å². The maximum absolute atomic E-state index is 9.99. The summed E-state index contributed by atoms with van der Waals surface area (Å²) < 4.78 is 13.1. The van der Waals surface area contributed by atoms with Gasteiger partial charge in [-0.1, -0.05) is 78.9 Å². The number of nitrogens with zero attached hydrogens (tertiary/aromatic N) is 2. The summed E-state index contributed by atoms with van der Waals surface area (Å²) in [7, 11) is 0. The Balaban J connectivity index is 1.85. The zero-order valence-corrected chi connectivity index (χ0v) is 18.9. The zero-order valence-electron chi connectivity index (χ0n) is 18.9. The van der Waals surface area contributed by atoms with Crippen molar-refractivity contribution in [1.29, 1.82) is 5.26 Å². The molecule has 166 valence electrons. The van der Waals surface area contributed by atoms with E-state index in [0.717, 1.165) is 55.0 Å². The number of fused-ring (bicyclic) bond motifs is 6. The van der Waals surface area contributed by atoms with Gasteiger partial charge in [-0.3, -0.25) is 0 Å². The van der Waals surface area contributed by atoms with E-state index >= 15 is 0 Å². The lowest BCUT2D eigenvalue weighted by Crippen LogP contribution is -1.90. The summed E-state index contributed by atoms with van der Waals surface area (Å²) in [6, 6.07) is 33.3. The number of nitriles is 1. The van der Waals surface area contributed by atoms with E-state index in [1.54, 1.807) is 0 Å². The molecule has 0 aliphatic carbocycles. The Morgan fingerprint density at radius 1 is 0.611 bits per heavy atom. The van der Waals surface area contributed by atoms with Crippen molar-refractivity contribution in [1.82, 2.24) is 0 Å². The molecule has 0 fully saturated rings. The molecule has 4 heteroatoms.